The molecule has 2 aliphatic rings. The maximum absolute atomic E-state index is 10.2. The maximum atomic E-state index is 10.2. The number of nitrogens with one attached hydrogen (secondary N) is 3. The van der Waals surface area contributed by atoms with Gasteiger partial charge in [-0.05, 0) is 36.4 Å². The van der Waals surface area contributed by atoms with Crippen LogP contribution in [0.15, 0.2) is 82.3 Å². The van der Waals surface area contributed by atoms with Gasteiger partial charge in [-0.3, -0.25) is 19.9 Å². The van der Waals surface area contributed by atoms with E-state index in [2.05, 4.69) is 44.8 Å². The van der Waals surface area contributed by atoms with Gasteiger partial charge in [0.15, 0.2) is 12.0 Å². The van der Waals surface area contributed by atoms with Gasteiger partial charge in [0.25, 0.3) is 0 Å². The molecule has 6 aromatic rings. The lowest BCUT2D eigenvalue weighted by Gasteiger charge is -2.35. The lowest BCUT2D eigenvalue weighted by Crippen LogP contribution is -2.46. The van der Waals surface area contributed by atoms with Crippen molar-refractivity contribution in [2.75, 3.05) is 62.2 Å². The van der Waals surface area contributed by atoms with Crippen molar-refractivity contribution in [1.29, 1.82) is 0 Å². The fraction of sp³-hybridized carbons (Fsp3) is 0.270. The average Bonchev–Trinajstić information content (AvgIpc) is 4.01. The van der Waals surface area contributed by atoms with Crippen molar-refractivity contribution >= 4 is 40.9 Å². The summed E-state index contributed by atoms with van der Waals surface area (Å²) in [4.78, 5) is 16.5. The number of nitrogens with zero attached hydrogens (tertiary/aromatic N) is 5. The van der Waals surface area contributed by atoms with E-state index in [9.17, 15) is 25.2 Å². The number of furan rings is 2. The number of aromatic amines is 2. The number of H-pyrrole nitrogens is 2. The largest absolute Gasteiger partial charge is 0.507 e. The number of piperazine rings is 2. The summed E-state index contributed by atoms with van der Waals surface area (Å²) in [6.45, 7) is 7.83. The first kappa shape index (κ1) is 39.6. The zero-order valence-corrected chi connectivity index (χ0v) is 29.9. The van der Waals surface area contributed by atoms with Crippen LogP contribution in [0.1, 0.15) is 23.7 Å². The molecule has 0 saturated carbocycles. The number of benzene rings is 2. The number of hydrogen-bond acceptors (Lipinski definition) is 13. The Bertz CT molecular complexity index is 2070. The third kappa shape index (κ3) is 9.48. The van der Waals surface area contributed by atoms with Crippen molar-refractivity contribution in [3.8, 4) is 45.5 Å². The molecule has 2 aliphatic heterocycles. The van der Waals surface area contributed by atoms with E-state index in [1.165, 1.54) is 30.5 Å². The molecule has 2 aromatic carbocycles. The van der Waals surface area contributed by atoms with E-state index < -0.39 is 0 Å². The molecule has 17 heteroatoms. The number of phenolic OH excluding ortho intramolecular Hbond substituents is 4. The van der Waals surface area contributed by atoms with Crippen LogP contribution in [0.5, 0.6) is 23.0 Å². The van der Waals surface area contributed by atoms with E-state index in [4.69, 9.17) is 27.6 Å². The van der Waals surface area contributed by atoms with Crippen molar-refractivity contribution in [1.82, 2.24) is 30.6 Å². The number of phenols is 4. The van der Waals surface area contributed by atoms with E-state index >= 15 is 0 Å². The first-order valence-corrected chi connectivity index (χ1v) is 17.4. The predicted octanol–water partition coefficient (Wildman–Crippen LogP) is 6.34. The van der Waals surface area contributed by atoms with Crippen molar-refractivity contribution in [3.05, 3.63) is 95.0 Å². The second-order valence-corrected chi connectivity index (χ2v) is 12.9. The number of hydrogen-bond donors (Lipinski definition) is 7. The van der Waals surface area contributed by atoms with Crippen LogP contribution in [0.25, 0.3) is 22.5 Å². The molecule has 0 radical (unpaired) electrons. The SMILES string of the molecule is C.O=Cc1ccco1.Oc1cc(O)c(-c2[nH]ncc2N2CCN(Cc3ccco3)CC2)cc1Cl.Oc1cc(O)c(-c2[nH]ncc2N2CCNCC2)cc1Cl. The van der Waals surface area contributed by atoms with Gasteiger partial charge in [0, 0.05) is 75.6 Å². The molecule has 0 atom stereocenters. The van der Waals surface area contributed by atoms with Gasteiger partial charge >= 0.3 is 0 Å². The molecule has 286 valence electrons. The van der Waals surface area contributed by atoms with E-state index in [1.54, 1.807) is 30.8 Å². The quantitative estimate of drug-likeness (QED) is 0.0886. The fourth-order valence-corrected chi connectivity index (χ4v) is 6.30. The Morgan fingerprint density at radius 1 is 0.704 bits per heavy atom. The molecule has 6 heterocycles. The van der Waals surface area contributed by atoms with Gasteiger partial charge in [-0.2, -0.15) is 10.2 Å². The Morgan fingerprint density at radius 3 is 1.69 bits per heavy atom. The zero-order chi connectivity index (χ0) is 37.3. The summed E-state index contributed by atoms with van der Waals surface area (Å²) in [5.74, 6) is 0.962. The van der Waals surface area contributed by atoms with Crippen molar-refractivity contribution < 1.29 is 34.1 Å². The average molecular weight is 782 g/mol. The fourth-order valence-electron chi connectivity index (χ4n) is 5.97. The summed E-state index contributed by atoms with van der Waals surface area (Å²) in [6.07, 6.45) is 7.31. The third-order valence-corrected chi connectivity index (χ3v) is 9.30. The summed E-state index contributed by atoms with van der Waals surface area (Å²) in [7, 11) is 0. The summed E-state index contributed by atoms with van der Waals surface area (Å²) >= 11 is 11.9. The number of halogens is 2. The minimum Gasteiger partial charge on any atom is -0.507 e. The van der Waals surface area contributed by atoms with Crippen molar-refractivity contribution in [2.24, 2.45) is 0 Å². The van der Waals surface area contributed by atoms with E-state index in [0.717, 1.165) is 76.0 Å². The molecule has 15 nitrogen and oxygen atoms in total. The van der Waals surface area contributed by atoms with E-state index in [1.807, 2.05) is 12.1 Å². The summed E-state index contributed by atoms with van der Waals surface area (Å²) in [5.41, 5.74) is 4.25. The van der Waals surface area contributed by atoms with Crippen LogP contribution in [0, 0.1) is 0 Å². The van der Waals surface area contributed by atoms with Gasteiger partial charge in [0.2, 0.25) is 0 Å². The monoisotopic (exact) mass is 780 g/mol. The van der Waals surface area contributed by atoms with Gasteiger partial charge in [0.1, 0.15) is 28.8 Å². The Morgan fingerprint density at radius 2 is 1.22 bits per heavy atom. The normalized spacial score (nSPS) is 14.3. The minimum atomic E-state index is -0.152. The van der Waals surface area contributed by atoms with Crippen LogP contribution in [0.4, 0.5) is 11.4 Å². The number of aromatic nitrogens is 4. The highest BCUT2D eigenvalue weighted by Crippen LogP contribution is 2.41. The topological polar surface area (TPSA) is 203 Å². The summed E-state index contributed by atoms with van der Waals surface area (Å²) in [5, 5.41) is 57.0. The van der Waals surface area contributed by atoms with Crippen LogP contribution in [-0.2, 0) is 6.54 Å². The molecule has 54 heavy (non-hydrogen) atoms. The van der Waals surface area contributed by atoms with Gasteiger partial charge in [-0.15, -0.1) is 0 Å². The molecule has 0 spiro atoms. The Kier molecular flexibility index (Phi) is 13.5. The number of aldehydes is 1. The Hall–Kier alpha value is -5.61. The molecule has 0 amide bonds. The Balaban J connectivity index is 0.000000177. The second kappa shape index (κ2) is 18.4. The highest BCUT2D eigenvalue weighted by atomic mass is 35.5. The molecule has 0 unspecified atom stereocenters. The van der Waals surface area contributed by atoms with Crippen LogP contribution in [0.2, 0.25) is 10.0 Å². The minimum absolute atomic E-state index is 0. The number of carbonyl (C=O) groups is 1. The van der Waals surface area contributed by atoms with Gasteiger partial charge in [-0.25, -0.2) is 0 Å². The smallest absolute Gasteiger partial charge is 0.185 e. The van der Waals surface area contributed by atoms with Crippen LogP contribution in [-0.4, -0.2) is 104 Å². The molecular formula is C37H42Cl2N8O7. The van der Waals surface area contributed by atoms with E-state index in [0.29, 0.717) is 34.6 Å². The first-order valence-electron chi connectivity index (χ1n) is 16.7. The lowest BCUT2D eigenvalue weighted by molar-refractivity contribution is 0.110. The third-order valence-electron chi connectivity index (χ3n) is 8.70. The highest BCUT2D eigenvalue weighted by molar-refractivity contribution is 6.32. The number of carbonyl (C=O) groups excluding carboxylic acids is 1. The second-order valence-electron chi connectivity index (χ2n) is 12.1. The molecule has 2 saturated heterocycles. The Labute approximate surface area is 321 Å². The number of anilines is 2. The molecular weight excluding hydrogens is 739 g/mol. The van der Waals surface area contributed by atoms with E-state index in [-0.39, 0.29) is 40.5 Å². The maximum Gasteiger partial charge on any atom is 0.185 e. The van der Waals surface area contributed by atoms with Crippen molar-refractivity contribution in [3.63, 3.8) is 0 Å². The molecule has 0 aliphatic carbocycles. The predicted molar refractivity (Wildman–Crippen MR) is 207 cm³/mol. The molecule has 4 aromatic heterocycles. The standard InChI is InChI=1S/C18H19ClN4O3.C13H15ClN4O2.C5H4O2.CH4/c19-14-8-13(16(24)9-17(14)25)18-15(10-20-21-18)23-5-3-22(4-6-23)11-12-2-1-7-26-12;14-9-5-8(11(19)6-12(9)20)13-10(7-16-17-13)18-3-1-15-2-4-18;6-4-5-2-1-3-7-5;/h1-2,7-10,24-25H,3-6,11H2,(H,20,21);5-7,15,19-20H,1-4H2,(H,16,17);1-4H;1H4. The van der Waals surface area contributed by atoms with Crippen molar-refractivity contribution in [2.45, 2.75) is 14.0 Å². The number of aromatic hydroxyl groups is 4. The van der Waals surface area contributed by atoms with Gasteiger partial charge in [-0.1, -0.05) is 30.6 Å². The van der Waals surface area contributed by atoms with Gasteiger partial charge in [0.05, 0.1) is 64.3 Å². The van der Waals surface area contributed by atoms with Crippen LogP contribution < -0.4 is 15.1 Å². The van der Waals surface area contributed by atoms with Gasteiger partial charge < -0.3 is 44.4 Å². The molecule has 8 rings (SSSR count). The zero-order valence-electron chi connectivity index (χ0n) is 28.4. The first-order chi connectivity index (χ1) is 25.7. The van der Waals surface area contributed by atoms with Crippen LogP contribution >= 0.6 is 23.2 Å². The van der Waals surface area contributed by atoms with Crippen LogP contribution in [0.3, 0.4) is 0 Å². The molecule has 7 N–H and O–H groups in total. The molecule has 2 fully saturated rings. The number of rotatable bonds is 7. The lowest BCUT2D eigenvalue weighted by atomic mass is 10.1. The summed E-state index contributed by atoms with van der Waals surface area (Å²) in [6, 6.07) is 12.7. The highest BCUT2D eigenvalue weighted by Gasteiger charge is 2.24. The molecule has 0 bridgehead atoms. The summed E-state index contributed by atoms with van der Waals surface area (Å²) < 4.78 is 10.0.